The summed E-state index contributed by atoms with van der Waals surface area (Å²) in [5.41, 5.74) is 2.26. The number of anilines is 1. The summed E-state index contributed by atoms with van der Waals surface area (Å²) in [6, 6.07) is 12.7. The lowest BCUT2D eigenvalue weighted by molar-refractivity contribution is 0.251. The summed E-state index contributed by atoms with van der Waals surface area (Å²) in [6.45, 7) is 2.14. The van der Waals surface area contributed by atoms with Crippen molar-refractivity contribution in [1.82, 2.24) is 29.9 Å². The molecule has 0 saturated carbocycles. The van der Waals surface area contributed by atoms with E-state index in [9.17, 15) is 4.39 Å². The molecule has 8 nitrogen and oxygen atoms in total. The van der Waals surface area contributed by atoms with Crippen LogP contribution in [0, 0.1) is 11.7 Å². The van der Waals surface area contributed by atoms with Gasteiger partial charge in [0.05, 0.1) is 18.5 Å². The molecule has 29 heavy (non-hydrogen) atoms. The molecule has 5 rings (SSSR count). The second-order valence-corrected chi connectivity index (χ2v) is 6.93. The second-order valence-electron chi connectivity index (χ2n) is 6.93. The predicted octanol–water partition coefficient (Wildman–Crippen LogP) is 2.65. The van der Waals surface area contributed by atoms with Crippen molar-refractivity contribution >= 4 is 17.0 Å². The molecule has 0 spiro atoms. The van der Waals surface area contributed by atoms with Crippen LogP contribution in [0.3, 0.4) is 0 Å². The normalized spacial score (nSPS) is 16.4. The number of ether oxygens (including phenoxy) is 1. The first-order valence-electron chi connectivity index (χ1n) is 9.39. The van der Waals surface area contributed by atoms with E-state index in [0.29, 0.717) is 29.6 Å². The summed E-state index contributed by atoms with van der Waals surface area (Å²) in [6.07, 6.45) is 3.66. The van der Waals surface area contributed by atoms with Crippen molar-refractivity contribution in [3.05, 3.63) is 60.8 Å². The Bertz CT molecular complexity index is 1120. The van der Waals surface area contributed by atoms with Crippen LogP contribution >= 0.6 is 0 Å². The Morgan fingerprint density at radius 1 is 1.07 bits per heavy atom. The number of para-hydroxylation sites is 1. The summed E-state index contributed by atoms with van der Waals surface area (Å²) in [5.74, 6) is 1.15. The Balaban J connectivity index is 1.32. The van der Waals surface area contributed by atoms with E-state index >= 15 is 0 Å². The molecular formula is C20H18FN7O. The highest BCUT2D eigenvalue weighted by atomic mass is 19.1. The molecule has 146 valence electrons. The van der Waals surface area contributed by atoms with Crippen LogP contribution in [0.4, 0.5) is 10.2 Å². The molecule has 0 bridgehead atoms. The van der Waals surface area contributed by atoms with Gasteiger partial charge in [-0.1, -0.05) is 23.4 Å². The van der Waals surface area contributed by atoms with Gasteiger partial charge in [0.25, 0.3) is 0 Å². The number of halogens is 1. The van der Waals surface area contributed by atoms with Gasteiger partial charge in [-0.25, -0.2) is 19.3 Å². The summed E-state index contributed by atoms with van der Waals surface area (Å²) in [4.78, 5) is 15.0. The van der Waals surface area contributed by atoms with Gasteiger partial charge in [-0.15, -0.1) is 5.10 Å². The number of pyridine rings is 1. The fourth-order valence-corrected chi connectivity index (χ4v) is 3.52. The molecule has 4 aromatic rings. The number of rotatable bonds is 5. The lowest BCUT2D eigenvalue weighted by Gasteiger charge is -2.17. The van der Waals surface area contributed by atoms with Crippen LogP contribution in [-0.4, -0.2) is 49.6 Å². The first-order chi connectivity index (χ1) is 14.3. The van der Waals surface area contributed by atoms with Gasteiger partial charge in [0.1, 0.15) is 12.1 Å². The van der Waals surface area contributed by atoms with E-state index in [1.165, 1.54) is 12.1 Å². The predicted molar refractivity (Wildman–Crippen MR) is 104 cm³/mol. The summed E-state index contributed by atoms with van der Waals surface area (Å²) in [5, 5.41) is 8.61. The molecule has 1 aromatic carbocycles. The average Bonchev–Trinajstić information content (AvgIpc) is 3.41. The molecule has 0 radical (unpaired) electrons. The molecule has 0 aliphatic carbocycles. The zero-order chi connectivity index (χ0) is 19.6. The molecule has 0 N–H and O–H groups in total. The Hall–Kier alpha value is -3.62. The lowest BCUT2D eigenvalue weighted by Crippen LogP contribution is -2.23. The highest BCUT2D eigenvalue weighted by molar-refractivity contribution is 5.83. The van der Waals surface area contributed by atoms with Crippen LogP contribution in [0.15, 0.2) is 55.0 Å². The van der Waals surface area contributed by atoms with Crippen LogP contribution in [0.1, 0.15) is 6.42 Å². The van der Waals surface area contributed by atoms with E-state index in [-0.39, 0.29) is 5.82 Å². The van der Waals surface area contributed by atoms with Crippen molar-refractivity contribution in [1.29, 1.82) is 0 Å². The number of aromatic nitrogens is 6. The molecular weight excluding hydrogens is 373 g/mol. The smallest absolute Gasteiger partial charge is 0.213 e. The Labute approximate surface area is 166 Å². The number of fused-ring (bicyclic) bond motifs is 1. The Morgan fingerprint density at radius 2 is 1.97 bits per heavy atom. The third-order valence-electron chi connectivity index (χ3n) is 4.97. The van der Waals surface area contributed by atoms with E-state index in [2.05, 4.69) is 30.2 Å². The molecule has 1 fully saturated rings. The average molecular weight is 391 g/mol. The van der Waals surface area contributed by atoms with E-state index < -0.39 is 0 Å². The van der Waals surface area contributed by atoms with Crippen LogP contribution in [0.5, 0.6) is 5.88 Å². The minimum atomic E-state index is -0.374. The van der Waals surface area contributed by atoms with E-state index in [0.717, 1.165) is 37.2 Å². The zero-order valence-electron chi connectivity index (χ0n) is 15.5. The van der Waals surface area contributed by atoms with Crippen molar-refractivity contribution in [3.63, 3.8) is 0 Å². The Kier molecular flexibility index (Phi) is 4.47. The number of hydrogen-bond donors (Lipinski definition) is 0. The van der Waals surface area contributed by atoms with Crippen molar-refractivity contribution in [2.75, 3.05) is 24.6 Å². The largest absolute Gasteiger partial charge is 0.477 e. The highest BCUT2D eigenvalue weighted by Crippen LogP contribution is 2.28. The molecule has 1 aliphatic rings. The van der Waals surface area contributed by atoms with E-state index in [4.69, 9.17) is 4.74 Å². The van der Waals surface area contributed by atoms with Crippen molar-refractivity contribution in [2.24, 2.45) is 5.92 Å². The van der Waals surface area contributed by atoms with E-state index in [1.807, 2.05) is 30.3 Å². The standard InChI is InChI=1S/C20H18FN7O/c21-15-6-7-17(22-10-15)29-12-14-8-9-27(11-14)19-18-20(24-13-23-19)28(26-25-18)16-4-2-1-3-5-16/h1-7,10,13-14H,8-9,11-12H2. The molecule has 3 aromatic heterocycles. The second kappa shape index (κ2) is 7.42. The van der Waals surface area contributed by atoms with Gasteiger partial charge in [-0.2, -0.15) is 4.68 Å². The van der Waals surface area contributed by atoms with Gasteiger partial charge in [-0.3, -0.25) is 0 Å². The maximum absolute atomic E-state index is 13.0. The molecule has 1 unspecified atom stereocenters. The first-order valence-corrected chi connectivity index (χ1v) is 9.39. The first kappa shape index (κ1) is 17.5. The molecule has 9 heteroatoms. The summed E-state index contributed by atoms with van der Waals surface area (Å²) >= 11 is 0. The van der Waals surface area contributed by atoms with E-state index in [1.54, 1.807) is 11.0 Å². The lowest BCUT2D eigenvalue weighted by atomic mass is 10.1. The SMILES string of the molecule is Fc1ccc(OCC2CCN(c3ncnc4c3nnn4-c3ccccc3)C2)nc1. The van der Waals surface area contributed by atoms with Crippen molar-refractivity contribution in [2.45, 2.75) is 6.42 Å². The molecule has 1 aliphatic heterocycles. The van der Waals surface area contributed by atoms with Gasteiger partial charge in [0.15, 0.2) is 17.0 Å². The fourth-order valence-electron chi connectivity index (χ4n) is 3.52. The third kappa shape index (κ3) is 3.46. The van der Waals surface area contributed by atoms with Crippen molar-refractivity contribution in [3.8, 4) is 11.6 Å². The Morgan fingerprint density at radius 3 is 2.79 bits per heavy atom. The van der Waals surface area contributed by atoms with Gasteiger partial charge < -0.3 is 9.64 Å². The molecule has 0 amide bonds. The number of hydrogen-bond acceptors (Lipinski definition) is 7. The fraction of sp³-hybridized carbons (Fsp3) is 0.250. The quantitative estimate of drug-likeness (QED) is 0.517. The minimum absolute atomic E-state index is 0.316. The third-order valence-corrected chi connectivity index (χ3v) is 4.97. The maximum atomic E-state index is 13.0. The molecule has 1 atom stereocenters. The minimum Gasteiger partial charge on any atom is -0.477 e. The zero-order valence-corrected chi connectivity index (χ0v) is 15.5. The number of benzene rings is 1. The summed E-state index contributed by atoms with van der Waals surface area (Å²) < 4.78 is 20.4. The molecule has 1 saturated heterocycles. The van der Waals surface area contributed by atoms with Gasteiger partial charge >= 0.3 is 0 Å². The van der Waals surface area contributed by atoms with Crippen molar-refractivity contribution < 1.29 is 9.13 Å². The van der Waals surface area contributed by atoms with Gasteiger partial charge in [0.2, 0.25) is 5.88 Å². The van der Waals surface area contributed by atoms with Crippen LogP contribution in [0.25, 0.3) is 16.9 Å². The van der Waals surface area contributed by atoms with Crippen LogP contribution in [0.2, 0.25) is 0 Å². The molecule has 4 heterocycles. The van der Waals surface area contributed by atoms with Crippen LogP contribution in [-0.2, 0) is 0 Å². The monoisotopic (exact) mass is 391 g/mol. The topological polar surface area (TPSA) is 81.9 Å². The highest BCUT2D eigenvalue weighted by Gasteiger charge is 2.27. The van der Waals surface area contributed by atoms with Crippen LogP contribution < -0.4 is 9.64 Å². The number of nitrogens with zero attached hydrogens (tertiary/aromatic N) is 7. The van der Waals surface area contributed by atoms with Gasteiger partial charge in [0, 0.05) is 25.1 Å². The summed E-state index contributed by atoms with van der Waals surface area (Å²) in [7, 11) is 0. The van der Waals surface area contributed by atoms with Gasteiger partial charge in [-0.05, 0) is 24.6 Å². The maximum Gasteiger partial charge on any atom is 0.213 e.